The Morgan fingerprint density at radius 2 is 2.29 bits per heavy atom. The van der Waals surface area contributed by atoms with E-state index >= 15 is 0 Å². The maximum atomic E-state index is 11.8. The van der Waals surface area contributed by atoms with Crippen LogP contribution in [0.15, 0.2) is 22.7 Å². The summed E-state index contributed by atoms with van der Waals surface area (Å²) in [7, 11) is 0. The molecule has 1 aliphatic heterocycles. The van der Waals surface area contributed by atoms with Gasteiger partial charge in [0.15, 0.2) is 5.78 Å². The van der Waals surface area contributed by atoms with Gasteiger partial charge in [0.2, 0.25) is 0 Å². The van der Waals surface area contributed by atoms with Crippen LogP contribution < -0.4 is 10.5 Å². The third-order valence-electron chi connectivity index (χ3n) is 2.24. The summed E-state index contributed by atoms with van der Waals surface area (Å²) in [4.78, 5) is 11.8. The SMILES string of the molecule is N[C@@H]1CCOc2c(Br)cccc2C1=O. The third kappa shape index (κ3) is 1.55. The lowest BCUT2D eigenvalue weighted by atomic mass is 10.0. The van der Waals surface area contributed by atoms with E-state index in [2.05, 4.69) is 15.9 Å². The molecule has 4 heteroatoms. The van der Waals surface area contributed by atoms with Crippen LogP contribution in [0, 0.1) is 0 Å². The average Bonchev–Trinajstić information content (AvgIpc) is 2.31. The first-order chi connectivity index (χ1) is 6.70. The van der Waals surface area contributed by atoms with Gasteiger partial charge >= 0.3 is 0 Å². The predicted molar refractivity (Wildman–Crippen MR) is 56.6 cm³/mol. The topological polar surface area (TPSA) is 52.3 Å². The van der Waals surface area contributed by atoms with Crippen molar-refractivity contribution in [2.24, 2.45) is 5.73 Å². The first kappa shape index (κ1) is 9.68. The summed E-state index contributed by atoms with van der Waals surface area (Å²) in [5, 5.41) is 0. The molecule has 1 heterocycles. The second-order valence-corrected chi connectivity index (χ2v) is 4.08. The van der Waals surface area contributed by atoms with Crippen LogP contribution in [0.5, 0.6) is 5.75 Å². The summed E-state index contributed by atoms with van der Waals surface area (Å²) >= 11 is 3.35. The van der Waals surface area contributed by atoms with Crippen LogP contribution in [0.1, 0.15) is 16.8 Å². The molecule has 2 rings (SSSR count). The quantitative estimate of drug-likeness (QED) is 0.769. The number of hydrogen-bond donors (Lipinski definition) is 1. The number of fused-ring (bicyclic) bond motifs is 1. The minimum atomic E-state index is -0.439. The molecule has 2 N–H and O–H groups in total. The molecule has 0 radical (unpaired) electrons. The van der Waals surface area contributed by atoms with E-state index in [1.807, 2.05) is 12.1 Å². The third-order valence-corrected chi connectivity index (χ3v) is 2.87. The second-order valence-electron chi connectivity index (χ2n) is 3.22. The Kier molecular flexibility index (Phi) is 2.56. The van der Waals surface area contributed by atoms with E-state index < -0.39 is 6.04 Å². The second kappa shape index (κ2) is 3.71. The molecule has 0 saturated carbocycles. The van der Waals surface area contributed by atoms with Gasteiger partial charge in [0, 0.05) is 6.42 Å². The number of carbonyl (C=O) groups is 1. The van der Waals surface area contributed by atoms with Gasteiger partial charge in [-0.1, -0.05) is 6.07 Å². The monoisotopic (exact) mass is 255 g/mol. The molecule has 74 valence electrons. The highest BCUT2D eigenvalue weighted by Crippen LogP contribution is 2.31. The summed E-state index contributed by atoms with van der Waals surface area (Å²) in [6.45, 7) is 0.489. The number of ketones is 1. The fraction of sp³-hybridized carbons (Fsp3) is 0.300. The average molecular weight is 256 g/mol. The molecule has 0 aliphatic carbocycles. The first-order valence-electron chi connectivity index (χ1n) is 4.41. The predicted octanol–water partition coefficient (Wildman–Crippen LogP) is 1.74. The van der Waals surface area contributed by atoms with Crippen molar-refractivity contribution in [1.82, 2.24) is 0 Å². The number of carbonyl (C=O) groups excluding carboxylic acids is 1. The Balaban J connectivity index is 2.53. The number of nitrogens with two attached hydrogens (primary N) is 1. The smallest absolute Gasteiger partial charge is 0.183 e. The molecule has 1 atom stereocenters. The van der Waals surface area contributed by atoms with Crippen molar-refractivity contribution < 1.29 is 9.53 Å². The number of halogens is 1. The van der Waals surface area contributed by atoms with Crippen molar-refractivity contribution >= 4 is 21.7 Å². The van der Waals surface area contributed by atoms with Crippen LogP contribution in [-0.4, -0.2) is 18.4 Å². The van der Waals surface area contributed by atoms with Crippen LogP contribution >= 0.6 is 15.9 Å². The van der Waals surface area contributed by atoms with E-state index in [0.717, 1.165) is 4.47 Å². The van der Waals surface area contributed by atoms with E-state index in [0.29, 0.717) is 24.3 Å². The molecule has 0 amide bonds. The lowest BCUT2D eigenvalue weighted by Gasteiger charge is -2.07. The molecule has 1 aromatic carbocycles. The van der Waals surface area contributed by atoms with Crippen LogP contribution in [0.25, 0.3) is 0 Å². The molecule has 0 aromatic heterocycles. The zero-order chi connectivity index (χ0) is 10.1. The zero-order valence-electron chi connectivity index (χ0n) is 7.50. The van der Waals surface area contributed by atoms with E-state index in [1.165, 1.54) is 0 Å². The molecule has 14 heavy (non-hydrogen) atoms. The lowest BCUT2D eigenvalue weighted by molar-refractivity contribution is 0.0960. The van der Waals surface area contributed by atoms with E-state index in [9.17, 15) is 4.79 Å². The van der Waals surface area contributed by atoms with E-state index in [1.54, 1.807) is 6.07 Å². The molecule has 0 bridgehead atoms. The summed E-state index contributed by atoms with van der Waals surface area (Å²) in [6.07, 6.45) is 0.569. The van der Waals surface area contributed by atoms with Gasteiger partial charge in [-0.25, -0.2) is 0 Å². The molecule has 0 spiro atoms. The van der Waals surface area contributed by atoms with Crippen LogP contribution in [0.3, 0.4) is 0 Å². The van der Waals surface area contributed by atoms with Crippen LogP contribution in [-0.2, 0) is 0 Å². The van der Waals surface area contributed by atoms with Gasteiger partial charge in [-0.3, -0.25) is 4.79 Å². The van der Waals surface area contributed by atoms with Gasteiger partial charge in [0.1, 0.15) is 5.75 Å². The summed E-state index contributed by atoms with van der Waals surface area (Å²) < 4.78 is 6.28. The van der Waals surface area contributed by atoms with Crippen LogP contribution in [0.4, 0.5) is 0 Å². The minimum absolute atomic E-state index is 0.0428. The van der Waals surface area contributed by atoms with Crippen molar-refractivity contribution in [3.63, 3.8) is 0 Å². The van der Waals surface area contributed by atoms with Gasteiger partial charge in [0.25, 0.3) is 0 Å². The maximum absolute atomic E-state index is 11.8. The Bertz CT molecular complexity index is 378. The van der Waals surface area contributed by atoms with Gasteiger partial charge in [-0.05, 0) is 28.1 Å². The number of benzene rings is 1. The highest BCUT2D eigenvalue weighted by atomic mass is 79.9. The number of Topliss-reactive ketones (excluding diaryl/α,β-unsaturated/α-hetero) is 1. The molecular weight excluding hydrogens is 246 g/mol. The van der Waals surface area contributed by atoms with Crippen molar-refractivity contribution in [2.45, 2.75) is 12.5 Å². The van der Waals surface area contributed by atoms with Crippen molar-refractivity contribution in [3.05, 3.63) is 28.2 Å². The Labute approximate surface area is 90.4 Å². The fourth-order valence-corrected chi connectivity index (χ4v) is 1.95. The van der Waals surface area contributed by atoms with Crippen molar-refractivity contribution in [3.8, 4) is 5.75 Å². The van der Waals surface area contributed by atoms with E-state index in [-0.39, 0.29) is 5.78 Å². The Hall–Kier alpha value is -0.870. The number of ether oxygens (including phenoxy) is 1. The highest BCUT2D eigenvalue weighted by Gasteiger charge is 2.24. The molecular formula is C10H10BrNO2. The number of hydrogen-bond acceptors (Lipinski definition) is 3. The normalized spacial score (nSPS) is 21.0. The largest absolute Gasteiger partial charge is 0.492 e. The molecule has 3 nitrogen and oxygen atoms in total. The highest BCUT2D eigenvalue weighted by molar-refractivity contribution is 9.10. The first-order valence-corrected chi connectivity index (χ1v) is 5.20. The standard InChI is InChI=1S/C10H10BrNO2/c11-7-3-1-2-6-9(13)8(12)4-5-14-10(6)7/h1-3,8H,4-5,12H2/t8-/m1/s1. The summed E-state index contributed by atoms with van der Waals surface area (Å²) in [6, 6.07) is 4.96. The van der Waals surface area contributed by atoms with Crippen molar-refractivity contribution in [2.75, 3.05) is 6.61 Å². The van der Waals surface area contributed by atoms with Gasteiger partial charge in [0.05, 0.1) is 22.7 Å². The van der Waals surface area contributed by atoms with Crippen molar-refractivity contribution in [1.29, 1.82) is 0 Å². The number of para-hydroxylation sites is 1. The van der Waals surface area contributed by atoms with Gasteiger partial charge < -0.3 is 10.5 Å². The lowest BCUT2D eigenvalue weighted by Crippen LogP contribution is -2.30. The zero-order valence-corrected chi connectivity index (χ0v) is 9.08. The molecule has 0 unspecified atom stereocenters. The van der Waals surface area contributed by atoms with Crippen LogP contribution in [0.2, 0.25) is 0 Å². The summed E-state index contributed by atoms with van der Waals surface area (Å²) in [5.74, 6) is 0.573. The molecule has 0 saturated heterocycles. The number of rotatable bonds is 0. The Morgan fingerprint density at radius 3 is 3.07 bits per heavy atom. The van der Waals surface area contributed by atoms with E-state index in [4.69, 9.17) is 10.5 Å². The molecule has 1 aromatic rings. The molecule has 1 aliphatic rings. The van der Waals surface area contributed by atoms with Gasteiger partial charge in [-0.15, -0.1) is 0 Å². The maximum Gasteiger partial charge on any atom is 0.183 e. The fourth-order valence-electron chi connectivity index (χ4n) is 1.47. The minimum Gasteiger partial charge on any atom is -0.492 e. The van der Waals surface area contributed by atoms with Gasteiger partial charge in [-0.2, -0.15) is 0 Å². The summed E-state index contributed by atoms with van der Waals surface area (Å²) in [5.41, 5.74) is 6.27. The molecule has 0 fully saturated rings. The Morgan fingerprint density at radius 1 is 1.50 bits per heavy atom.